The van der Waals surface area contributed by atoms with E-state index in [1.165, 1.54) is 12.1 Å². The van der Waals surface area contributed by atoms with Crippen molar-refractivity contribution in [3.63, 3.8) is 0 Å². The molecule has 1 saturated heterocycles. The summed E-state index contributed by atoms with van der Waals surface area (Å²) in [4.78, 5) is 28.1. The molecule has 1 aromatic heterocycles. The van der Waals surface area contributed by atoms with E-state index in [1.54, 1.807) is 34.9 Å². The predicted octanol–water partition coefficient (Wildman–Crippen LogP) is 2.11. The lowest BCUT2D eigenvalue weighted by molar-refractivity contribution is 0.0710. The van der Waals surface area contributed by atoms with Crippen LogP contribution in [-0.4, -0.2) is 52.9 Å². The number of halogens is 1. The minimum absolute atomic E-state index is 0.0596. The first kappa shape index (κ1) is 16.2. The first-order chi connectivity index (χ1) is 11.6. The molecule has 0 aliphatic carbocycles. The predicted molar refractivity (Wildman–Crippen MR) is 84.1 cm³/mol. The largest absolute Gasteiger partial charge is 0.361 e. The second-order valence-electron chi connectivity index (χ2n) is 5.74. The van der Waals surface area contributed by atoms with Gasteiger partial charge in [0, 0.05) is 32.2 Å². The van der Waals surface area contributed by atoms with Crippen LogP contribution in [0, 0.1) is 12.7 Å². The lowest BCUT2D eigenvalue weighted by Crippen LogP contribution is -2.37. The molecule has 0 N–H and O–H groups in total. The number of rotatable bonds is 2. The number of carbonyl (C=O) groups is 2. The van der Waals surface area contributed by atoms with Gasteiger partial charge in [-0.1, -0.05) is 17.3 Å². The Morgan fingerprint density at radius 3 is 2.38 bits per heavy atom. The minimum Gasteiger partial charge on any atom is -0.361 e. The van der Waals surface area contributed by atoms with Crippen molar-refractivity contribution in [3.05, 3.63) is 53.2 Å². The minimum atomic E-state index is -0.530. The maximum atomic E-state index is 13.8. The Balaban J connectivity index is 1.68. The molecule has 126 valence electrons. The molecule has 2 heterocycles. The van der Waals surface area contributed by atoms with Crippen LogP contribution < -0.4 is 0 Å². The summed E-state index contributed by atoms with van der Waals surface area (Å²) in [6.45, 7) is 3.46. The van der Waals surface area contributed by atoms with E-state index in [0.29, 0.717) is 38.4 Å². The van der Waals surface area contributed by atoms with Gasteiger partial charge in [-0.2, -0.15) is 0 Å². The van der Waals surface area contributed by atoms with Crippen LogP contribution in [0.15, 0.2) is 34.9 Å². The molecule has 2 amide bonds. The van der Waals surface area contributed by atoms with Gasteiger partial charge >= 0.3 is 0 Å². The molecular weight excluding hydrogens is 313 g/mol. The molecule has 0 bridgehead atoms. The Kier molecular flexibility index (Phi) is 4.59. The van der Waals surface area contributed by atoms with Crippen molar-refractivity contribution in [2.75, 3.05) is 26.2 Å². The summed E-state index contributed by atoms with van der Waals surface area (Å²) in [5.74, 6) is -0.519. The highest BCUT2D eigenvalue weighted by atomic mass is 19.1. The number of benzene rings is 1. The fourth-order valence-electron chi connectivity index (χ4n) is 2.76. The van der Waals surface area contributed by atoms with Crippen LogP contribution in [0.5, 0.6) is 0 Å². The summed E-state index contributed by atoms with van der Waals surface area (Å²) in [6, 6.07) is 7.53. The van der Waals surface area contributed by atoms with Gasteiger partial charge in [0.1, 0.15) is 11.6 Å². The number of nitrogens with zero attached hydrogens (tertiary/aromatic N) is 3. The number of aryl methyl sites for hydroxylation is 1. The zero-order chi connectivity index (χ0) is 17.1. The highest BCUT2D eigenvalue weighted by Gasteiger charge is 2.26. The van der Waals surface area contributed by atoms with Gasteiger partial charge in [-0.15, -0.1) is 0 Å². The molecule has 1 aromatic carbocycles. The van der Waals surface area contributed by atoms with E-state index in [2.05, 4.69) is 5.16 Å². The van der Waals surface area contributed by atoms with Crippen LogP contribution in [0.3, 0.4) is 0 Å². The Morgan fingerprint density at radius 2 is 1.75 bits per heavy atom. The number of hydrogen-bond donors (Lipinski definition) is 0. The Labute approximate surface area is 138 Å². The van der Waals surface area contributed by atoms with Gasteiger partial charge < -0.3 is 14.3 Å². The molecule has 0 spiro atoms. The SMILES string of the molecule is Cc1cc(C(=O)N2CCCN(C(=O)c3ccccc3F)CC2)no1. The quantitative estimate of drug-likeness (QED) is 0.845. The molecule has 0 atom stereocenters. The Hall–Kier alpha value is -2.70. The number of amides is 2. The van der Waals surface area contributed by atoms with E-state index in [4.69, 9.17) is 4.52 Å². The molecule has 6 nitrogen and oxygen atoms in total. The van der Waals surface area contributed by atoms with Gasteiger partial charge in [0.2, 0.25) is 0 Å². The van der Waals surface area contributed by atoms with Gasteiger partial charge in [-0.3, -0.25) is 9.59 Å². The van der Waals surface area contributed by atoms with Crippen molar-refractivity contribution >= 4 is 11.8 Å². The fraction of sp³-hybridized carbons (Fsp3) is 0.353. The lowest BCUT2D eigenvalue weighted by atomic mass is 10.2. The van der Waals surface area contributed by atoms with Gasteiger partial charge in [-0.25, -0.2) is 4.39 Å². The fourth-order valence-corrected chi connectivity index (χ4v) is 2.76. The van der Waals surface area contributed by atoms with Crippen molar-refractivity contribution in [1.82, 2.24) is 15.0 Å². The Bertz CT molecular complexity index is 759. The molecule has 7 heteroatoms. The molecule has 1 fully saturated rings. The molecular formula is C17H18FN3O3. The van der Waals surface area contributed by atoms with E-state index in [-0.39, 0.29) is 23.1 Å². The number of aromatic nitrogens is 1. The molecule has 1 aliphatic rings. The third kappa shape index (κ3) is 3.29. The maximum Gasteiger partial charge on any atom is 0.276 e. The zero-order valence-corrected chi connectivity index (χ0v) is 13.4. The van der Waals surface area contributed by atoms with Gasteiger partial charge in [0.15, 0.2) is 5.69 Å². The lowest BCUT2D eigenvalue weighted by Gasteiger charge is -2.21. The normalized spacial score (nSPS) is 15.2. The summed E-state index contributed by atoms with van der Waals surface area (Å²) < 4.78 is 18.7. The van der Waals surface area contributed by atoms with E-state index < -0.39 is 5.82 Å². The van der Waals surface area contributed by atoms with E-state index in [0.717, 1.165) is 0 Å². The molecule has 0 saturated carbocycles. The topological polar surface area (TPSA) is 66.7 Å². The Morgan fingerprint density at radius 1 is 1.08 bits per heavy atom. The number of hydrogen-bond acceptors (Lipinski definition) is 4. The van der Waals surface area contributed by atoms with Crippen LogP contribution in [0.25, 0.3) is 0 Å². The first-order valence-electron chi connectivity index (χ1n) is 7.82. The summed E-state index contributed by atoms with van der Waals surface area (Å²) in [7, 11) is 0. The first-order valence-corrected chi connectivity index (χ1v) is 7.82. The van der Waals surface area contributed by atoms with Crippen LogP contribution in [0.1, 0.15) is 33.0 Å². The monoisotopic (exact) mass is 331 g/mol. The van der Waals surface area contributed by atoms with Crippen LogP contribution >= 0.6 is 0 Å². The summed E-state index contributed by atoms with van der Waals surface area (Å²) >= 11 is 0. The summed E-state index contributed by atoms with van der Waals surface area (Å²) in [5.41, 5.74) is 0.325. The standard InChI is InChI=1S/C17H18FN3O3/c1-12-11-15(19-24-12)17(23)21-8-4-7-20(9-10-21)16(22)13-5-2-3-6-14(13)18/h2-3,5-6,11H,4,7-10H2,1H3. The van der Waals surface area contributed by atoms with E-state index in [1.807, 2.05) is 0 Å². The molecule has 0 radical (unpaired) electrons. The van der Waals surface area contributed by atoms with Crippen molar-refractivity contribution in [2.24, 2.45) is 0 Å². The number of carbonyl (C=O) groups excluding carboxylic acids is 2. The van der Waals surface area contributed by atoms with Crippen molar-refractivity contribution in [1.29, 1.82) is 0 Å². The van der Waals surface area contributed by atoms with Gasteiger partial charge in [0.25, 0.3) is 11.8 Å². The highest BCUT2D eigenvalue weighted by molar-refractivity contribution is 5.95. The molecule has 24 heavy (non-hydrogen) atoms. The van der Waals surface area contributed by atoms with E-state index in [9.17, 15) is 14.0 Å². The third-order valence-electron chi connectivity index (χ3n) is 4.02. The van der Waals surface area contributed by atoms with Crippen molar-refractivity contribution in [3.8, 4) is 0 Å². The van der Waals surface area contributed by atoms with Crippen LogP contribution in [0.2, 0.25) is 0 Å². The van der Waals surface area contributed by atoms with Crippen LogP contribution in [-0.2, 0) is 0 Å². The smallest absolute Gasteiger partial charge is 0.276 e. The molecule has 3 rings (SSSR count). The second-order valence-corrected chi connectivity index (χ2v) is 5.74. The highest BCUT2D eigenvalue weighted by Crippen LogP contribution is 2.14. The summed E-state index contributed by atoms with van der Waals surface area (Å²) in [6.07, 6.45) is 0.628. The second kappa shape index (κ2) is 6.82. The van der Waals surface area contributed by atoms with Gasteiger partial charge in [0.05, 0.1) is 5.56 Å². The molecule has 1 aliphatic heterocycles. The zero-order valence-electron chi connectivity index (χ0n) is 13.4. The van der Waals surface area contributed by atoms with Crippen molar-refractivity contribution in [2.45, 2.75) is 13.3 Å². The average Bonchev–Trinajstić information content (AvgIpc) is 2.87. The van der Waals surface area contributed by atoms with Gasteiger partial charge in [-0.05, 0) is 25.5 Å². The van der Waals surface area contributed by atoms with Crippen molar-refractivity contribution < 1.29 is 18.5 Å². The molecule has 2 aromatic rings. The third-order valence-corrected chi connectivity index (χ3v) is 4.02. The maximum absolute atomic E-state index is 13.8. The summed E-state index contributed by atoms with van der Waals surface area (Å²) in [5, 5.41) is 3.74. The average molecular weight is 331 g/mol. The van der Waals surface area contributed by atoms with Crippen LogP contribution in [0.4, 0.5) is 4.39 Å². The molecule has 0 unspecified atom stereocenters. The van der Waals surface area contributed by atoms with E-state index >= 15 is 0 Å².